The summed E-state index contributed by atoms with van der Waals surface area (Å²) in [7, 11) is 0. The lowest BCUT2D eigenvalue weighted by atomic mass is 10.1. The molecule has 3 aromatic carbocycles. The first-order chi connectivity index (χ1) is 15.2. The van der Waals surface area contributed by atoms with E-state index in [0.29, 0.717) is 11.3 Å². The molecule has 0 spiro atoms. The summed E-state index contributed by atoms with van der Waals surface area (Å²) in [6.45, 7) is 3.63. The van der Waals surface area contributed by atoms with E-state index in [4.69, 9.17) is 0 Å². The molecule has 0 aliphatic carbocycles. The average molecular weight is 439 g/mol. The van der Waals surface area contributed by atoms with Gasteiger partial charge in [0.05, 0.1) is 11.3 Å². The summed E-state index contributed by atoms with van der Waals surface area (Å²) in [6.07, 6.45) is -4.55. The van der Waals surface area contributed by atoms with Crippen molar-refractivity contribution in [2.24, 2.45) is 10.2 Å². The number of halogens is 3. The van der Waals surface area contributed by atoms with E-state index in [9.17, 15) is 23.1 Å². The van der Waals surface area contributed by atoms with Crippen LogP contribution in [0.15, 0.2) is 88.7 Å². The Balaban J connectivity index is 2.02. The number of para-hydroxylation sites is 1. The lowest BCUT2D eigenvalue weighted by Crippen LogP contribution is -2.16. The molecule has 0 saturated heterocycles. The molecule has 8 heteroatoms. The van der Waals surface area contributed by atoms with E-state index in [1.54, 1.807) is 30.3 Å². The number of azo groups is 1. The number of aryl methyl sites for hydroxylation is 2. The van der Waals surface area contributed by atoms with Gasteiger partial charge in [-0.05, 0) is 43.2 Å². The number of carbonyl (C=O) groups is 1. The van der Waals surface area contributed by atoms with Gasteiger partial charge in [-0.15, -0.1) is 5.11 Å². The van der Waals surface area contributed by atoms with Crippen molar-refractivity contribution in [3.8, 4) is 0 Å². The molecule has 0 bridgehead atoms. The topological polar surface area (TPSA) is 74.0 Å². The van der Waals surface area contributed by atoms with Gasteiger partial charge in [0, 0.05) is 11.3 Å². The van der Waals surface area contributed by atoms with Gasteiger partial charge in [-0.3, -0.25) is 4.79 Å². The molecule has 0 aromatic heterocycles. The molecule has 164 valence electrons. The smallest absolute Gasteiger partial charge is 0.416 e. The van der Waals surface area contributed by atoms with Crippen LogP contribution in [-0.4, -0.2) is 11.0 Å². The Morgan fingerprint density at radius 1 is 0.906 bits per heavy atom. The molecule has 0 aliphatic heterocycles. The van der Waals surface area contributed by atoms with E-state index >= 15 is 0 Å². The van der Waals surface area contributed by atoms with Gasteiger partial charge in [0.1, 0.15) is 0 Å². The molecular weight excluding hydrogens is 419 g/mol. The maximum atomic E-state index is 13.0. The fourth-order valence-electron chi connectivity index (χ4n) is 2.97. The second-order valence-corrected chi connectivity index (χ2v) is 7.03. The lowest BCUT2D eigenvalue weighted by Gasteiger charge is -2.12. The summed E-state index contributed by atoms with van der Waals surface area (Å²) in [5, 5.41) is 21.0. The second kappa shape index (κ2) is 9.47. The van der Waals surface area contributed by atoms with Crippen LogP contribution in [0.2, 0.25) is 0 Å². The molecule has 3 aromatic rings. The molecule has 5 nitrogen and oxygen atoms in total. The van der Waals surface area contributed by atoms with Crippen LogP contribution in [0.3, 0.4) is 0 Å². The number of nitrogens with zero attached hydrogens (tertiary/aromatic N) is 2. The highest BCUT2D eigenvalue weighted by atomic mass is 19.4. The van der Waals surface area contributed by atoms with Crippen LogP contribution >= 0.6 is 0 Å². The van der Waals surface area contributed by atoms with Gasteiger partial charge in [-0.25, -0.2) is 0 Å². The lowest BCUT2D eigenvalue weighted by molar-refractivity contribution is -0.137. The monoisotopic (exact) mass is 439 g/mol. The number of nitrogens with one attached hydrogen (secondary N) is 1. The van der Waals surface area contributed by atoms with Gasteiger partial charge in [0.15, 0.2) is 11.5 Å². The third kappa shape index (κ3) is 5.40. The number of alkyl halides is 3. The number of carbonyl (C=O) groups excluding carboxylic acids is 1. The zero-order valence-electron chi connectivity index (χ0n) is 17.3. The van der Waals surface area contributed by atoms with Crippen LogP contribution < -0.4 is 5.32 Å². The highest BCUT2D eigenvalue weighted by Gasteiger charge is 2.30. The summed E-state index contributed by atoms with van der Waals surface area (Å²) in [6, 6.07) is 17.9. The van der Waals surface area contributed by atoms with E-state index in [0.717, 1.165) is 23.3 Å². The van der Waals surface area contributed by atoms with Gasteiger partial charge in [-0.2, -0.15) is 18.3 Å². The van der Waals surface area contributed by atoms with Crippen LogP contribution in [0.5, 0.6) is 0 Å². The minimum absolute atomic E-state index is 0.113. The number of amides is 1. The third-order valence-corrected chi connectivity index (χ3v) is 4.65. The second-order valence-electron chi connectivity index (χ2n) is 7.03. The number of hydrogen-bond donors (Lipinski definition) is 2. The van der Waals surface area contributed by atoms with Crippen molar-refractivity contribution in [1.82, 2.24) is 0 Å². The van der Waals surface area contributed by atoms with Gasteiger partial charge in [-0.1, -0.05) is 54.6 Å². The molecule has 1 amide bonds. The van der Waals surface area contributed by atoms with Crippen molar-refractivity contribution in [1.29, 1.82) is 0 Å². The Labute approximate surface area is 182 Å². The molecule has 0 atom stereocenters. The molecule has 0 fully saturated rings. The van der Waals surface area contributed by atoms with Gasteiger partial charge < -0.3 is 10.4 Å². The Kier molecular flexibility index (Phi) is 6.73. The van der Waals surface area contributed by atoms with E-state index in [1.807, 2.05) is 32.0 Å². The standard InChI is InChI=1S/C24H20F3N3O2/c1-15-8-6-9-16(2)20(15)28-23(32)21(22(31)17-10-4-3-5-11-17)30-29-19-13-7-12-18(14-19)24(25,26)27/h3-14,31H,1-2H3,(H,28,32)/b22-21+,30-29?. The minimum atomic E-state index is -4.55. The summed E-state index contributed by atoms with van der Waals surface area (Å²) in [5.74, 6) is -1.20. The van der Waals surface area contributed by atoms with Crippen LogP contribution in [0.4, 0.5) is 24.5 Å². The first-order valence-corrected chi connectivity index (χ1v) is 9.62. The van der Waals surface area contributed by atoms with Crippen molar-refractivity contribution in [2.75, 3.05) is 5.32 Å². The van der Waals surface area contributed by atoms with Gasteiger partial charge >= 0.3 is 6.18 Å². The minimum Gasteiger partial charge on any atom is -0.505 e. The van der Waals surface area contributed by atoms with Crippen LogP contribution in [-0.2, 0) is 11.0 Å². The van der Waals surface area contributed by atoms with Crippen molar-refractivity contribution >= 4 is 23.0 Å². The van der Waals surface area contributed by atoms with Crippen LogP contribution in [0.25, 0.3) is 5.76 Å². The van der Waals surface area contributed by atoms with Gasteiger partial charge in [0.2, 0.25) is 0 Å². The van der Waals surface area contributed by atoms with Crippen molar-refractivity contribution in [3.63, 3.8) is 0 Å². The number of anilines is 1. The molecule has 0 heterocycles. The third-order valence-electron chi connectivity index (χ3n) is 4.65. The van der Waals surface area contributed by atoms with E-state index < -0.39 is 29.1 Å². The van der Waals surface area contributed by atoms with E-state index in [-0.39, 0.29) is 5.69 Å². The Morgan fingerprint density at radius 3 is 2.16 bits per heavy atom. The predicted octanol–water partition coefficient (Wildman–Crippen LogP) is 6.97. The molecule has 32 heavy (non-hydrogen) atoms. The quantitative estimate of drug-likeness (QED) is 0.256. The maximum Gasteiger partial charge on any atom is 0.416 e. The van der Waals surface area contributed by atoms with E-state index in [1.165, 1.54) is 12.1 Å². The highest BCUT2D eigenvalue weighted by molar-refractivity contribution is 6.08. The number of rotatable bonds is 5. The molecule has 0 aliphatic rings. The zero-order chi connectivity index (χ0) is 23.3. The van der Waals surface area contributed by atoms with E-state index in [2.05, 4.69) is 15.5 Å². The van der Waals surface area contributed by atoms with Crippen molar-refractivity contribution in [3.05, 3.63) is 101 Å². The summed E-state index contributed by atoms with van der Waals surface area (Å²) >= 11 is 0. The molecular formula is C24H20F3N3O2. The predicted molar refractivity (Wildman–Crippen MR) is 116 cm³/mol. The Hall–Kier alpha value is -3.94. The molecule has 0 saturated carbocycles. The largest absolute Gasteiger partial charge is 0.505 e. The van der Waals surface area contributed by atoms with Crippen molar-refractivity contribution < 1.29 is 23.1 Å². The Bertz CT molecular complexity index is 1170. The molecule has 0 unspecified atom stereocenters. The normalized spacial score (nSPS) is 12.5. The fraction of sp³-hybridized carbons (Fsp3) is 0.125. The van der Waals surface area contributed by atoms with Crippen molar-refractivity contribution in [2.45, 2.75) is 20.0 Å². The summed E-state index contributed by atoms with van der Waals surface area (Å²) in [5.41, 5.74) is 1.01. The molecule has 0 radical (unpaired) electrons. The fourth-order valence-corrected chi connectivity index (χ4v) is 2.97. The zero-order valence-corrected chi connectivity index (χ0v) is 17.3. The molecule has 2 N–H and O–H groups in total. The van der Waals surface area contributed by atoms with Gasteiger partial charge in [0.25, 0.3) is 5.91 Å². The number of benzene rings is 3. The average Bonchev–Trinajstić information content (AvgIpc) is 2.76. The highest BCUT2D eigenvalue weighted by Crippen LogP contribution is 2.32. The number of aliphatic hydroxyl groups excluding tert-OH is 1. The Morgan fingerprint density at radius 2 is 1.53 bits per heavy atom. The van der Waals surface area contributed by atoms with Crippen LogP contribution in [0, 0.1) is 13.8 Å². The molecule has 3 rings (SSSR count). The first kappa shape index (κ1) is 22.7. The first-order valence-electron chi connectivity index (χ1n) is 9.62. The number of hydrogen-bond acceptors (Lipinski definition) is 4. The summed E-state index contributed by atoms with van der Waals surface area (Å²) in [4.78, 5) is 13.0. The maximum absolute atomic E-state index is 13.0. The summed E-state index contributed by atoms with van der Waals surface area (Å²) < 4.78 is 38.9. The number of aliphatic hydroxyl groups is 1. The van der Waals surface area contributed by atoms with Crippen LogP contribution in [0.1, 0.15) is 22.3 Å². The SMILES string of the molecule is Cc1cccc(C)c1NC(=O)/C(N=Nc1cccc(C(F)(F)F)c1)=C(\O)c1ccccc1.